The minimum absolute atomic E-state index is 0.343. The summed E-state index contributed by atoms with van der Waals surface area (Å²) >= 11 is 0. The zero-order chi connectivity index (χ0) is 14.6. The fourth-order valence-electron chi connectivity index (χ4n) is 3.53. The molecule has 3 unspecified atom stereocenters. The van der Waals surface area contributed by atoms with Crippen LogP contribution in [0.5, 0.6) is 0 Å². The molecule has 1 aliphatic heterocycles. The van der Waals surface area contributed by atoms with Gasteiger partial charge in [-0.05, 0) is 52.1 Å². The van der Waals surface area contributed by atoms with Gasteiger partial charge >= 0.3 is 5.97 Å². The van der Waals surface area contributed by atoms with Crippen LogP contribution in [-0.2, 0) is 9.53 Å². The summed E-state index contributed by atoms with van der Waals surface area (Å²) in [5.74, 6) is -0.688. The number of hydrogen-bond acceptors (Lipinski definition) is 4. The summed E-state index contributed by atoms with van der Waals surface area (Å²) in [4.78, 5) is 14.1. The highest BCUT2D eigenvalue weighted by molar-refractivity contribution is 5.79. The van der Waals surface area contributed by atoms with Crippen LogP contribution in [0.15, 0.2) is 0 Å². The van der Waals surface area contributed by atoms with Crippen LogP contribution < -0.4 is 5.32 Å². The van der Waals surface area contributed by atoms with E-state index in [0.29, 0.717) is 18.5 Å². The molecule has 5 heteroatoms. The molecule has 116 valence electrons. The molecule has 0 aromatic heterocycles. The molecule has 2 fully saturated rings. The number of aliphatic carboxylic acids is 1. The van der Waals surface area contributed by atoms with E-state index in [9.17, 15) is 9.90 Å². The molecular weight excluding hydrogens is 256 g/mol. The topological polar surface area (TPSA) is 61.8 Å². The molecule has 5 nitrogen and oxygen atoms in total. The summed E-state index contributed by atoms with van der Waals surface area (Å²) in [6.45, 7) is 4.47. The summed E-state index contributed by atoms with van der Waals surface area (Å²) in [5, 5.41) is 13.0. The second kappa shape index (κ2) is 6.87. The zero-order valence-electron chi connectivity index (χ0n) is 12.7. The van der Waals surface area contributed by atoms with Gasteiger partial charge in [-0.3, -0.25) is 9.69 Å². The van der Waals surface area contributed by atoms with Crippen LogP contribution in [0.3, 0.4) is 0 Å². The summed E-state index contributed by atoms with van der Waals surface area (Å²) in [6, 6.07) is 0.798. The number of ether oxygens (including phenoxy) is 1. The Labute approximate surface area is 121 Å². The van der Waals surface area contributed by atoms with Crippen LogP contribution in [0, 0.1) is 0 Å². The third-order valence-electron chi connectivity index (χ3n) is 4.91. The SMILES string of the molecule is CCCNC1(C(=O)O)CCCC(N(C)C2CCOC2)C1. The van der Waals surface area contributed by atoms with Crippen LogP contribution >= 0.6 is 0 Å². The Morgan fingerprint density at radius 2 is 2.25 bits per heavy atom. The first-order valence-corrected chi connectivity index (χ1v) is 7.87. The lowest BCUT2D eigenvalue weighted by molar-refractivity contribution is -0.147. The van der Waals surface area contributed by atoms with Crippen LogP contribution in [0.2, 0.25) is 0 Å². The lowest BCUT2D eigenvalue weighted by Crippen LogP contribution is -2.59. The maximum absolute atomic E-state index is 11.8. The van der Waals surface area contributed by atoms with E-state index in [-0.39, 0.29) is 0 Å². The van der Waals surface area contributed by atoms with E-state index in [0.717, 1.165) is 51.9 Å². The molecule has 0 bridgehead atoms. The van der Waals surface area contributed by atoms with Crippen LogP contribution in [0.25, 0.3) is 0 Å². The molecule has 1 aliphatic carbocycles. The highest BCUT2D eigenvalue weighted by atomic mass is 16.5. The first kappa shape index (κ1) is 15.7. The minimum atomic E-state index is -0.730. The zero-order valence-corrected chi connectivity index (χ0v) is 12.7. The van der Waals surface area contributed by atoms with Crippen molar-refractivity contribution in [2.75, 3.05) is 26.8 Å². The molecule has 0 aromatic carbocycles. The van der Waals surface area contributed by atoms with E-state index in [4.69, 9.17) is 4.74 Å². The fourth-order valence-corrected chi connectivity index (χ4v) is 3.53. The molecule has 3 atom stereocenters. The summed E-state index contributed by atoms with van der Waals surface area (Å²) in [5.41, 5.74) is -0.730. The summed E-state index contributed by atoms with van der Waals surface area (Å²) in [7, 11) is 2.13. The molecule has 0 radical (unpaired) electrons. The fraction of sp³-hybridized carbons (Fsp3) is 0.933. The smallest absolute Gasteiger partial charge is 0.323 e. The summed E-state index contributed by atoms with van der Waals surface area (Å²) in [6.07, 6.45) is 5.55. The van der Waals surface area contributed by atoms with Crippen molar-refractivity contribution in [1.82, 2.24) is 10.2 Å². The van der Waals surface area contributed by atoms with Gasteiger partial charge in [-0.25, -0.2) is 0 Å². The van der Waals surface area contributed by atoms with E-state index >= 15 is 0 Å². The van der Waals surface area contributed by atoms with Crippen LogP contribution in [0.1, 0.15) is 45.4 Å². The van der Waals surface area contributed by atoms with Gasteiger partial charge < -0.3 is 15.2 Å². The number of hydrogen-bond donors (Lipinski definition) is 2. The normalized spacial score (nSPS) is 34.5. The molecule has 20 heavy (non-hydrogen) atoms. The molecule has 0 spiro atoms. The van der Waals surface area contributed by atoms with Crippen molar-refractivity contribution in [3.63, 3.8) is 0 Å². The van der Waals surface area contributed by atoms with Crippen molar-refractivity contribution in [1.29, 1.82) is 0 Å². The van der Waals surface area contributed by atoms with Gasteiger partial charge in [0.1, 0.15) is 5.54 Å². The third kappa shape index (κ3) is 3.32. The molecule has 2 rings (SSSR count). The number of carbonyl (C=O) groups is 1. The van der Waals surface area contributed by atoms with Gasteiger partial charge in [0.2, 0.25) is 0 Å². The van der Waals surface area contributed by atoms with Crippen LogP contribution in [-0.4, -0.2) is 60.4 Å². The number of rotatable bonds is 6. The minimum Gasteiger partial charge on any atom is -0.480 e. The molecular formula is C15H28N2O3. The van der Waals surface area contributed by atoms with Gasteiger partial charge in [-0.2, -0.15) is 0 Å². The van der Waals surface area contributed by atoms with Gasteiger partial charge in [0.15, 0.2) is 0 Å². The van der Waals surface area contributed by atoms with Gasteiger partial charge in [0, 0.05) is 18.7 Å². The Balaban J connectivity index is 2.02. The van der Waals surface area contributed by atoms with Crippen molar-refractivity contribution in [2.45, 2.75) is 63.1 Å². The van der Waals surface area contributed by atoms with E-state index in [2.05, 4.69) is 24.2 Å². The molecule has 1 heterocycles. The molecule has 1 saturated carbocycles. The third-order valence-corrected chi connectivity index (χ3v) is 4.91. The van der Waals surface area contributed by atoms with Crippen LogP contribution in [0.4, 0.5) is 0 Å². The Kier molecular flexibility index (Phi) is 5.41. The van der Waals surface area contributed by atoms with Gasteiger partial charge in [0.25, 0.3) is 0 Å². The van der Waals surface area contributed by atoms with Crippen molar-refractivity contribution >= 4 is 5.97 Å². The first-order chi connectivity index (χ1) is 9.59. The Hall–Kier alpha value is -0.650. The van der Waals surface area contributed by atoms with Gasteiger partial charge in [-0.1, -0.05) is 6.92 Å². The number of likely N-dealkylation sites (N-methyl/N-ethyl adjacent to an activating group) is 1. The quantitative estimate of drug-likeness (QED) is 0.773. The van der Waals surface area contributed by atoms with Crippen molar-refractivity contribution in [3.8, 4) is 0 Å². The maximum Gasteiger partial charge on any atom is 0.323 e. The summed E-state index contributed by atoms with van der Waals surface area (Å²) < 4.78 is 5.46. The monoisotopic (exact) mass is 284 g/mol. The molecule has 1 saturated heterocycles. The lowest BCUT2D eigenvalue weighted by Gasteiger charge is -2.43. The number of carboxylic acid groups (broad SMARTS) is 1. The largest absolute Gasteiger partial charge is 0.480 e. The Morgan fingerprint density at radius 1 is 1.45 bits per heavy atom. The number of carboxylic acids is 1. The molecule has 2 N–H and O–H groups in total. The number of nitrogens with one attached hydrogen (secondary N) is 1. The average molecular weight is 284 g/mol. The lowest BCUT2D eigenvalue weighted by atomic mass is 9.78. The predicted octanol–water partition coefficient (Wildman–Crippen LogP) is 1.47. The predicted molar refractivity (Wildman–Crippen MR) is 77.9 cm³/mol. The first-order valence-electron chi connectivity index (χ1n) is 7.87. The second-order valence-electron chi connectivity index (χ2n) is 6.25. The second-order valence-corrected chi connectivity index (χ2v) is 6.25. The van der Waals surface area contributed by atoms with E-state index in [1.54, 1.807) is 0 Å². The Morgan fingerprint density at radius 3 is 2.85 bits per heavy atom. The van der Waals surface area contributed by atoms with Crippen molar-refractivity contribution in [2.24, 2.45) is 0 Å². The van der Waals surface area contributed by atoms with Gasteiger partial charge in [0.05, 0.1) is 6.61 Å². The molecule has 2 aliphatic rings. The molecule has 0 aromatic rings. The van der Waals surface area contributed by atoms with Gasteiger partial charge in [-0.15, -0.1) is 0 Å². The highest BCUT2D eigenvalue weighted by Crippen LogP contribution is 2.33. The van der Waals surface area contributed by atoms with E-state index in [1.165, 1.54) is 0 Å². The van der Waals surface area contributed by atoms with E-state index < -0.39 is 11.5 Å². The standard InChI is InChI=1S/C15H28N2O3/c1-3-8-16-15(14(18)19)7-4-5-12(10-15)17(2)13-6-9-20-11-13/h12-13,16H,3-11H2,1-2H3,(H,18,19). The Bertz CT molecular complexity index is 331. The van der Waals surface area contributed by atoms with Crippen molar-refractivity contribution in [3.05, 3.63) is 0 Å². The number of nitrogens with zero attached hydrogens (tertiary/aromatic N) is 1. The van der Waals surface area contributed by atoms with Crippen molar-refractivity contribution < 1.29 is 14.6 Å². The molecule has 0 amide bonds. The maximum atomic E-state index is 11.8. The highest BCUT2D eigenvalue weighted by Gasteiger charge is 2.44. The average Bonchev–Trinajstić information content (AvgIpc) is 2.98. The van der Waals surface area contributed by atoms with E-state index in [1.807, 2.05) is 0 Å².